The van der Waals surface area contributed by atoms with Gasteiger partial charge in [0.2, 0.25) is 0 Å². The molecule has 1 unspecified atom stereocenters. The lowest BCUT2D eigenvalue weighted by molar-refractivity contribution is 0.0295. The fraction of sp³-hybridized carbons (Fsp3) is 0.667. The van der Waals surface area contributed by atoms with Gasteiger partial charge in [-0.15, -0.1) is 0 Å². The van der Waals surface area contributed by atoms with Gasteiger partial charge in [-0.25, -0.2) is 0 Å². The van der Waals surface area contributed by atoms with Crippen LogP contribution in [0.25, 0.3) is 0 Å². The van der Waals surface area contributed by atoms with Crippen LogP contribution in [0.5, 0.6) is 5.75 Å². The van der Waals surface area contributed by atoms with E-state index in [2.05, 4.69) is 57.0 Å². The molecule has 0 amide bonds. The molecular formula is C18H30N2O. The van der Waals surface area contributed by atoms with E-state index in [0.717, 1.165) is 25.4 Å². The Hall–Kier alpha value is -1.06. The van der Waals surface area contributed by atoms with Crippen molar-refractivity contribution in [2.45, 2.75) is 52.7 Å². The Bertz CT molecular complexity index is 459. The summed E-state index contributed by atoms with van der Waals surface area (Å²) in [5, 5.41) is 3.72. The number of piperazine rings is 1. The summed E-state index contributed by atoms with van der Waals surface area (Å²) in [5.74, 6) is 0.922. The first-order chi connectivity index (χ1) is 9.72. The van der Waals surface area contributed by atoms with Crippen LogP contribution in [0.4, 0.5) is 0 Å². The Balaban J connectivity index is 2.10. The predicted octanol–water partition coefficient (Wildman–Crippen LogP) is 3.29. The fourth-order valence-electron chi connectivity index (χ4n) is 2.83. The van der Waals surface area contributed by atoms with E-state index in [9.17, 15) is 0 Å². The van der Waals surface area contributed by atoms with Gasteiger partial charge in [-0.05, 0) is 37.0 Å². The largest absolute Gasteiger partial charge is 0.497 e. The first-order valence-corrected chi connectivity index (χ1v) is 7.84. The molecule has 0 aliphatic carbocycles. The van der Waals surface area contributed by atoms with Gasteiger partial charge >= 0.3 is 0 Å². The minimum Gasteiger partial charge on any atom is -0.497 e. The molecule has 0 bridgehead atoms. The number of nitrogens with one attached hydrogen (secondary N) is 1. The average molecular weight is 290 g/mol. The number of rotatable bonds is 3. The third kappa shape index (κ3) is 3.98. The predicted molar refractivity (Wildman–Crippen MR) is 88.7 cm³/mol. The van der Waals surface area contributed by atoms with Crippen LogP contribution in [0.3, 0.4) is 0 Å². The molecule has 118 valence electrons. The lowest BCUT2D eigenvalue weighted by atomic mass is 9.82. The molecule has 1 aliphatic rings. The van der Waals surface area contributed by atoms with Crippen molar-refractivity contribution < 1.29 is 4.74 Å². The molecule has 1 N–H and O–H groups in total. The van der Waals surface area contributed by atoms with Crippen LogP contribution in [-0.4, -0.2) is 36.7 Å². The highest BCUT2D eigenvalue weighted by molar-refractivity contribution is 5.27. The van der Waals surface area contributed by atoms with Crippen LogP contribution in [-0.2, 0) is 6.54 Å². The van der Waals surface area contributed by atoms with E-state index in [1.807, 2.05) is 12.1 Å². The van der Waals surface area contributed by atoms with Crippen LogP contribution in [0.15, 0.2) is 24.3 Å². The Morgan fingerprint density at radius 1 is 1.24 bits per heavy atom. The lowest BCUT2D eigenvalue weighted by Gasteiger charge is -2.49. The second kappa shape index (κ2) is 5.98. The maximum Gasteiger partial charge on any atom is 0.118 e. The van der Waals surface area contributed by atoms with Gasteiger partial charge in [-0.1, -0.05) is 32.9 Å². The number of hydrogen-bond donors (Lipinski definition) is 1. The molecule has 0 radical (unpaired) electrons. The Labute approximate surface area is 129 Å². The summed E-state index contributed by atoms with van der Waals surface area (Å²) >= 11 is 0. The van der Waals surface area contributed by atoms with Crippen LogP contribution in [0.1, 0.15) is 40.2 Å². The van der Waals surface area contributed by atoms with E-state index in [0.29, 0.717) is 6.04 Å². The van der Waals surface area contributed by atoms with Crippen molar-refractivity contribution in [3.63, 3.8) is 0 Å². The van der Waals surface area contributed by atoms with Crippen molar-refractivity contribution >= 4 is 0 Å². The van der Waals surface area contributed by atoms with Gasteiger partial charge in [0.25, 0.3) is 0 Å². The summed E-state index contributed by atoms with van der Waals surface area (Å²) in [4.78, 5) is 2.60. The number of ether oxygens (including phenoxy) is 1. The van der Waals surface area contributed by atoms with Crippen molar-refractivity contribution in [1.29, 1.82) is 0 Å². The van der Waals surface area contributed by atoms with Crippen LogP contribution in [0, 0.1) is 5.41 Å². The summed E-state index contributed by atoms with van der Waals surface area (Å²) < 4.78 is 5.24. The summed E-state index contributed by atoms with van der Waals surface area (Å²) in [5.41, 5.74) is 1.81. The molecule has 1 aromatic carbocycles. The molecule has 3 nitrogen and oxygen atoms in total. The fourth-order valence-corrected chi connectivity index (χ4v) is 2.83. The minimum absolute atomic E-state index is 0.182. The highest BCUT2D eigenvalue weighted by Gasteiger charge is 2.38. The quantitative estimate of drug-likeness (QED) is 0.924. The molecule has 21 heavy (non-hydrogen) atoms. The maximum atomic E-state index is 5.24. The van der Waals surface area contributed by atoms with Crippen LogP contribution < -0.4 is 10.1 Å². The molecule has 1 heterocycles. The van der Waals surface area contributed by atoms with E-state index in [-0.39, 0.29) is 11.0 Å². The Morgan fingerprint density at radius 2 is 1.86 bits per heavy atom. The van der Waals surface area contributed by atoms with Gasteiger partial charge in [0.1, 0.15) is 5.75 Å². The molecule has 1 aliphatic heterocycles. The Kier molecular flexibility index (Phi) is 4.64. The normalized spacial score (nSPS) is 23.0. The van der Waals surface area contributed by atoms with E-state index in [4.69, 9.17) is 4.74 Å². The lowest BCUT2D eigenvalue weighted by Crippen LogP contribution is -2.64. The van der Waals surface area contributed by atoms with Crippen molar-refractivity contribution in [1.82, 2.24) is 10.2 Å². The molecular weight excluding hydrogens is 260 g/mol. The van der Waals surface area contributed by atoms with Gasteiger partial charge in [0.05, 0.1) is 7.11 Å². The SMILES string of the molecule is COc1ccc(CN2CC(C(C)(C)C)NCC2(C)C)cc1. The van der Waals surface area contributed by atoms with Gasteiger partial charge < -0.3 is 10.1 Å². The number of methoxy groups -OCH3 is 1. The first kappa shape index (κ1) is 16.3. The van der Waals surface area contributed by atoms with Crippen molar-refractivity contribution in [2.75, 3.05) is 20.2 Å². The molecule has 1 saturated heterocycles. The zero-order chi connectivity index (χ0) is 15.7. The van der Waals surface area contributed by atoms with E-state index >= 15 is 0 Å². The standard InChI is InChI=1S/C18H30N2O/c1-17(2,3)16-12-20(18(4,5)13-19-16)11-14-7-9-15(21-6)10-8-14/h7-10,16,19H,11-13H2,1-6H3. The molecule has 0 aromatic heterocycles. The van der Waals surface area contributed by atoms with Gasteiger partial charge in [-0.2, -0.15) is 0 Å². The van der Waals surface area contributed by atoms with E-state index < -0.39 is 0 Å². The van der Waals surface area contributed by atoms with Gasteiger partial charge in [0, 0.05) is 31.2 Å². The van der Waals surface area contributed by atoms with Gasteiger partial charge in [0.15, 0.2) is 0 Å². The molecule has 1 fully saturated rings. The minimum atomic E-state index is 0.182. The molecule has 0 spiro atoms. The second-order valence-corrected chi connectivity index (χ2v) is 7.84. The van der Waals surface area contributed by atoms with E-state index in [1.165, 1.54) is 5.56 Å². The third-order valence-corrected chi connectivity index (χ3v) is 4.62. The van der Waals surface area contributed by atoms with E-state index in [1.54, 1.807) is 7.11 Å². The summed E-state index contributed by atoms with van der Waals surface area (Å²) in [7, 11) is 1.71. The smallest absolute Gasteiger partial charge is 0.118 e. The molecule has 0 saturated carbocycles. The monoisotopic (exact) mass is 290 g/mol. The maximum absolute atomic E-state index is 5.24. The topological polar surface area (TPSA) is 24.5 Å². The molecule has 3 heteroatoms. The molecule has 2 rings (SSSR count). The molecule has 1 atom stereocenters. The summed E-state index contributed by atoms with van der Waals surface area (Å²) in [6.07, 6.45) is 0. The number of nitrogens with zero attached hydrogens (tertiary/aromatic N) is 1. The van der Waals surface area contributed by atoms with Crippen LogP contribution in [0.2, 0.25) is 0 Å². The number of benzene rings is 1. The summed E-state index contributed by atoms with van der Waals surface area (Å²) in [6, 6.07) is 8.97. The van der Waals surface area contributed by atoms with Crippen molar-refractivity contribution in [3.8, 4) is 5.75 Å². The average Bonchev–Trinajstić information content (AvgIpc) is 2.40. The third-order valence-electron chi connectivity index (χ3n) is 4.62. The first-order valence-electron chi connectivity index (χ1n) is 7.84. The Morgan fingerprint density at radius 3 is 2.38 bits per heavy atom. The highest BCUT2D eigenvalue weighted by Crippen LogP contribution is 2.29. The molecule has 1 aromatic rings. The zero-order valence-corrected chi connectivity index (χ0v) is 14.4. The highest BCUT2D eigenvalue weighted by atomic mass is 16.5. The van der Waals surface area contributed by atoms with Crippen LogP contribution >= 0.6 is 0 Å². The van der Waals surface area contributed by atoms with Crippen molar-refractivity contribution in [3.05, 3.63) is 29.8 Å². The second-order valence-electron chi connectivity index (χ2n) is 7.84. The van der Waals surface area contributed by atoms with Gasteiger partial charge in [-0.3, -0.25) is 4.90 Å². The number of hydrogen-bond acceptors (Lipinski definition) is 3. The zero-order valence-electron chi connectivity index (χ0n) is 14.4. The summed E-state index contributed by atoms with van der Waals surface area (Å²) in [6.45, 7) is 14.7. The van der Waals surface area contributed by atoms with Crippen molar-refractivity contribution in [2.24, 2.45) is 5.41 Å².